The number of rotatable bonds is 42. The molecule has 6 heteroatoms. The van der Waals surface area contributed by atoms with Gasteiger partial charge in [-0.3, -0.25) is 9.59 Å². The van der Waals surface area contributed by atoms with Crippen LogP contribution in [0.3, 0.4) is 0 Å². The van der Waals surface area contributed by atoms with Crippen LogP contribution in [0.1, 0.15) is 232 Å². The lowest BCUT2D eigenvalue weighted by Gasteiger charge is -2.16. The fourth-order valence-corrected chi connectivity index (χ4v) is 6.75. The van der Waals surface area contributed by atoms with Crippen LogP contribution in [0, 0.1) is 0 Å². The molecule has 296 valence electrons. The van der Waals surface area contributed by atoms with E-state index in [1.54, 1.807) is 0 Å². The van der Waals surface area contributed by atoms with Crippen molar-refractivity contribution in [3.05, 3.63) is 12.2 Å². The molecule has 1 atom stereocenters. The lowest BCUT2D eigenvalue weighted by molar-refractivity contribution is -0.144. The van der Waals surface area contributed by atoms with Gasteiger partial charge in [0.25, 0.3) is 0 Å². The number of unbranched alkanes of at least 4 members (excludes halogenated alkanes) is 28. The summed E-state index contributed by atoms with van der Waals surface area (Å²) in [6.45, 7) is 4.69. The Kier molecular flexibility index (Phi) is 40.8. The van der Waals surface area contributed by atoms with Crippen molar-refractivity contribution >= 4 is 11.9 Å². The Labute approximate surface area is 311 Å². The number of carboxylic acid groups (broad SMARTS) is 1. The summed E-state index contributed by atoms with van der Waals surface area (Å²) in [5.74, 6) is -0.673. The maximum atomic E-state index is 12.0. The van der Waals surface area contributed by atoms with Crippen LogP contribution in [0.4, 0.5) is 0 Å². The Bertz CT molecular complexity index is 729. The lowest BCUT2D eigenvalue weighted by Crippen LogP contribution is -2.36. The van der Waals surface area contributed by atoms with Gasteiger partial charge >= 0.3 is 11.9 Å². The van der Waals surface area contributed by atoms with Crippen molar-refractivity contribution in [1.82, 2.24) is 5.32 Å². The van der Waals surface area contributed by atoms with Crippen molar-refractivity contribution in [3.63, 3.8) is 0 Å². The number of nitrogens with one attached hydrogen (secondary N) is 1. The summed E-state index contributed by atoms with van der Waals surface area (Å²) in [5, 5.41) is 12.3. The second kappa shape index (κ2) is 42.0. The molecule has 0 heterocycles. The molecule has 0 radical (unpaired) electrons. The summed E-state index contributed by atoms with van der Waals surface area (Å²) in [7, 11) is 0. The van der Waals surface area contributed by atoms with Crippen molar-refractivity contribution in [2.75, 3.05) is 19.7 Å². The van der Waals surface area contributed by atoms with Gasteiger partial charge in [0.1, 0.15) is 0 Å². The van der Waals surface area contributed by atoms with Crippen LogP contribution in [-0.4, -0.2) is 42.8 Å². The SMILES string of the molecule is CCCCCCCC/C=C\CCCCCCCCOC(=O)CCCCCCCCCCCNC(CN)CCCCCCCCCCCC(=O)O. The van der Waals surface area contributed by atoms with Gasteiger partial charge in [0.15, 0.2) is 0 Å². The van der Waals surface area contributed by atoms with Gasteiger partial charge in [0, 0.05) is 25.4 Å². The van der Waals surface area contributed by atoms with E-state index in [9.17, 15) is 9.59 Å². The van der Waals surface area contributed by atoms with Crippen LogP contribution < -0.4 is 11.1 Å². The molecule has 0 saturated heterocycles. The first-order valence-corrected chi connectivity index (χ1v) is 22.1. The van der Waals surface area contributed by atoms with Gasteiger partial charge in [-0.05, 0) is 64.3 Å². The highest BCUT2D eigenvalue weighted by molar-refractivity contribution is 5.69. The molecule has 6 nitrogen and oxygen atoms in total. The number of carboxylic acids is 1. The molecule has 1 unspecified atom stereocenters. The molecule has 4 N–H and O–H groups in total. The number of ether oxygens (including phenoxy) is 1. The number of nitrogens with two attached hydrogens (primary N) is 1. The first-order chi connectivity index (χ1) is 24.6. The third kappa shape index (κ3) is 41.0. The first-order valence-electron chi connectivity index (χ1n) is 22.1. The van der Waals surface area contributed by atoms with E-state index in [4.69, 9.17) is 15.6 Å². The average Bonchev–Trinajstić information content (AvgIpc) is 3.11. The Hall–Kier alpha value is -1.40. The molecular formula is C44H86N2O4. The summed E-state index contributed by atoms with van der Waals surface area (Å²) >= 11 is 0. The van der Waals surface area contributed by atoms with Crippen molar-refractivity contribution in [2.24, 2.45) is 5.73 Å². The zero-order valence-electron chi connectivity index (χ0n) is 33.4. The monoisotopic (exact) mass is 707 g/mol. The third-order valence-electron chi connectivity index (χ3n) is 10.1. The highest BCUT2D eigenvalue weighted by Crippen LogP contribution is 2.14. The molecule has 0 aromatic carbocycles. The van der Waals surface area contributed by atoms with Gasteiger partial charge in [-0.15, -0.1) is 0 Å². The van der Waals surface area contributed by atoms with Gasteiger partial charge in [-0.1, -0.05) is 173 Å². The number of aliphatic carboxylic acids is 1. The van der Waals surface area contributed by atoms with Crippen molar-refractivity contribution in [3.8, 4) is 0 Å². The molecule has 50 heavy (non-hydrogen) atoms. The quantitative estimate of drug-likeness (QED) is 0.0332. The Morgan fingerprint density at radius 1 is 0.560 bits per heavy atom. The summed E-state index contributed by atoms with van der Waals surface area (Å²) < 4.78 is 5.46. The topological polar surface area (TPSA) is 102 Å². The largest absolute Gasteiger partial charge is 0.481 e. The molecule has 0 bridgehead atoms. The van der Waals surface area contributed by atoms with E-state index in [1.807, 2.05) is 0 Å². The average molecular weight is 707 g/mol. The van der Waals surface area contributed by atoms with E-state index in [1.165, 1.54) is 180 Å². The fourth-order valence-electron chi connectivity index (χ4n) is 6.75. The number of carbonyl (C=O) groups excluding carboxylic acids is 1. The number of hydrogen-bond acceptors (Lipinski definition) is 5. The summed E-state index contributed by atoms with van der Waals surface area (Å²) in [6, 6.07) is 0.457. The number of carbonyl (C=O) groups is 2. The Balaban J connectivity index is 3.33. The summed E-state index contributed by atoms with van der Waals surface area (Å²) in [6.07, 6.45) is 46.8. The van der Waals surface area contributed by atoms with Crippen LogP contribution >= 0.6 is 0 Å². The molecule has 0 aliphatic heterocycles. The second-order valence-electron chi connectivity index (χ2n) is 15.1. The molecule has 0 saturated carbocycles. The van der Waals surface area contributed by atoms with Gasteiger partial charge in [-0.2, -0.15) is 0 Å². The van der Waals surface area contributed by atoms with Gasteiger partial charge in [0.05, 0.1) is 6.61 Å². The Morgan fingerprint density at radius 2 is 0.980 bits per heavy atom. The maximum Gasteiger partial charge on any atom is 0.305 e. The van der Waals surface area contributed by atoms with Crippen molar-refractivity contribution < 1.29 is 19.4 Å². The summed E-state index contributed by atoms with van der Waals surface area (Å²) in [4.78, 5) is 22.5. The lowest BCUT2D eigenvalue weighted by atomic mass is 10.0. The standard InChI is InChI=1S/C44H86N2O4/c1-2-3-4-5-6-7-8-9-10-11-12-13-20-25-30-35-40-50-44(49)38-33-28-23-18-15-19-24-29-34-39-46-42(41-45)36-31-26-21-16-14-17-22-27-32-37-43(47)48/h9-10,42,46H,2-8,11-41,45H2,1H3,(H,47,48)/b10-9-. The van der Waals surface area contributed by atoms with Crippen LogP contribution in [0.5, 0.6) is 0 Å². The summed E-state index contributed by atoms with van der Waals surface area (Å²) in [5.41, 5.74) is 6.01. The van der Waals surface area contributed by atoms with E-state index in [2.05, 4.69) is 24.4 Å². The van der Waals surface area contributed by atoms with Crippen molar-refractivity contribution in [1.29, 1.82) is 0 Å². The highest BCUT2D eigenvalue weighted by atomic mass is 16.5. The molecule has 0 amide bonds. The number of esters is 1. The number of hydrogen-bond donors (Lipinski definition) is 3. The fraction of sp³-hybridized carbons (Fsp3) is 0.909. The molecule has 0 spiro atoms. The number of allylic oxidation sites excluding steroid dienone is 2. The molecule has 0 aliphatic rings. The predicted molar refractivity (Wildman–Crippen MR) is 216 cm³/mol. The molecular weight excluding hydrogens is 620 g/mol. The van der Waals surface area contributed by atoms with E-state index in [-0.39, 0.29) is 5.97 Å². The van der Waals surface area contributed by atoms with Crippen LogP contribution in [0.2, 0.25) is 0 Å². The smallest absolute Gasteiger partial charge is 0.305 e. The molecule has 0 aliphatic carbocycles. The molecule has 0 aromatic heterocycles. The van der Waals surface area contributed by atoms with E-state index in [0.29, 0.717) is 25.5 Å². The minimum absolute atomic E-state index is 0.00191. The van der Waals surface area contributed by atoms with Gasteiger partial charge in [-0.25, -0.2) is 0 Å². The van der Waals surface area contributed by atoms with E-state index in [0.717, 1.165) is 45.2 Å². The van der Waals surface area contributed by atoms with E-state index >= 15 is 0 Å². The molecule has 0 fully saturated rings. The van der Waals surface area contributed by atoms with Crippen molar-refractivity contribution in [2.45, 2.75) is 238 Å². The molecule has 0 rings (SSSR count). The van der Waals surface area contributed by atoms with Crippen LogP contribution in [0.25, 0.3) is 0 Å². The van der Waals surface area contributed by atoms with Crippen LogP contribution in [-0.2, 0) is 14.3 Å². The third-order valence-corrected chi connectivity index (χ3v) is 10.1. The zero-order valence-corrected chi connectivity index (χ0v) is 33.4. The minimum atomic E-state index is -0.671. The van der Waals surface area contributed by atoms with E-state index < -0.39 is 5.97 Å². The zero-order chi connectivity index (χ0) is 36.4. The van der Waals surface area contributed by atoms with Gasteiger partial charge in [0.2, 0.25) is 0 Å². The minimum Gasteiger partial charge on any atom is -0.481 e. The Morgan fingerprint density at radius 3 is 1.48 bits per heavy atom. The highest BCUT2D eigenvalue weighted by Gasteiger charge is 2.06. The predicted octanol–water partition coefficient (Wildman–Crippen LogP) is 12.8. The normalized spacial score (nSPS) is 12.2. The first kappa shape index (κ1) is 48.6. The second-order valence-corrected chi connectivity index (χ2v) is 15.1. The maximum absolute atomic E-state index is 12.0. The van der Waals surface area contributed by atoms with Gasteiger partial charge < -0.3 is 20.9 Å². The molecule has 0 aromatic rings. The van der Waals surface area contributed by atoms with Crippen LogP contribution in [0.15, 0.2) is 12.2 Å².